The van der Waals surface area contributed by atoms with Crippen LogP contribution in [-0.2, 0) is 7.05 Å². The third-order valence-corrected chi connectivity index (χ3v) is 5.08. The average Bonchev–Trinajstić information content (AvgIpc) is 3.18. The van der Waals surface area contributed by atoms with E-state index in [1.807, 2.05) is 0 Å². The third-order valence-electron chi connectivity index (χ3n) is 5.08. The lowest BCUT2D eigenvalue weighted by molar-refractivity contribution is 0.254. The summed E-state index contributed by atoms with van der Waals surface area (Å²) < 4.78 is 34.4. The van der Waals surface area contributed by atoms with Crippen molar-refractivity contribution in [3.63, 3.8) is 0 Å². The highest BCUT2D eigenvalue weighted by molar-refractivity contribution is 5.59. The predicted octanol–water partition coefficient (Wildman–Crippen LogP) is 3.17. The number of benzene rings is 1. The van der Waals surface area contributed by atoms with E-state index in [0.29, 0.717) is 6.61 Å². The number of anilines is 1. The summed E-state index contributed by atoms with van der Waals surface area (Å²) in [5, 5.41) is 0. The van der Waals surface area contributed by atoms with Crippen LogP contribution in [0.3, 0.4) is 0 Å². The predicted molar refractivity (Wildman–Crippen MR) is 105 cm³/mol. The van der Waals surface area contributed by atoms with Gasteiger partial charge in [0.1, 0.15) is 12.4 Å². The quantitative estimate of drug-likeness (QED) is 0.661. The minimum atomic E-state index is -0.558. The zero-order chi connectivity index (χ0) is 20.4. The molecule has 3 heterocycles. The maximum Gasteiger partial charge on any atom is 0.299 e. The molecule has 1 fully saturated rings. The molecule has 0 bridgehead atoms. The molecule has 8 heteroatoms. The van der Waals surface area contributed by atoms with E-state index in [-0.39, 0.29) is 34.7 Å². The fourth-order valence-electron chi connectivity index (χ4n) is 3.52. The normalized spacial score (nSPS) is 16.2. The lowest BCUT2D eigenvalue weighted by atomic mass is 10.2. The second-order valence-electron chi connectivity index (χ2n) is 6.95. The number of rotatable bonds is 5. The summed E-state index contributed by atoms with van der Waals surface area (Å²) in [6, 6.07) is 9.28. The van der Waals surface area contributed by atoms with Crippen LogP contribution in [0, 0.1) is 11.6 Å². The SMILES string of the molecule is Cn1c(OC[C@H]2CCCN2c2ccc(F)cc2)nc(-c2ccncc2F)cc1=O. The Hall–Kier alpha value is -3.29. The van der Waals surface area contributed by atoms with Gasteiger partial charge in [0.2, 0.25) is 0 Å². The Labute approximate surface area is 166 Å². The van der Waals surface area contributed by atoms with E-state index >= 15 is 0 Å². The van der Waals surface area contributed by atoms with E-state index in [1.54, 1.807) is 19.2 Å². The molecule has 0 amide bonds. The van der Waals surface area contributed by atoms with Gasteiger partial charge in [-0.05, 0) is 43.2 Å². The molecule has 1 saturated heterocycles. The van der Waals surface area contributed by atoms with Crippen molar-refractivity contribution in [1.82, 2.24) is 14.5 Å². The molecule has 0 unspecified atom stereocenters. The van der Waals surface area contributed by atoms with Crippen molar-refractivity contribution in [1.29, 1.82) is 0 Å². The number of hydrogen-bond acceptors (Lipinski definition) is 5. The van der Waals surface area contributed by atoms with Crippen LogP contribution in [0.1, 0.15) is 12.8 Å². The molecule has 0 N–H and O–H groups in total. The fraction of sp³-hybridized carbons (Fsp3) is 0.286. The molecule has 0 saturated carbocycles. The first-order valence-electron chi connectivity index (χ1n) is 9.36. The van der Waals surface area contributed by atoms with Gasteiger partial charge in [-0.15, -0.1) is 0 Å². The summed E-state index contributed by atoms with van der Waals surface area (Å²) in [7, 11) is 1.56. The molecule has 4 rings (SSSR count). The third kappa shape index (κ3) is 3.96. The summed E-state index contributed by atoms with van der Waals surface area (Å²) in [5.41, 5.74) is 0.969. The van der Waals surface area contributed by atoms with Crippen molar-refractivity contribution in [2.24, 2.45) is 7.05 Å². The molecule has 29 heavy (non-hydrogen) atoms. The molecule has 0 spiro atoms. The molecule has 1 aliphatic heterocycles. The molecule has 6 nitrogen and oxygen atoms in total. The summed E-state index contributed by atoms with van der Waals surface area (Å²) >= 11 is 0. The summed E-state index contributed by atoms with van der Waals surface area (Å²) in [6.07, 6.45) is 4.41. The Morgan fingerprint density at radius 1 is 1.21 bits per heavy atom. The maximum absolute atomic E-state index is 14.1. The van der Waals surface area contributed by atoms with Gasteiger partial charge in [-0.2, -0.15) is 4.98 Å². The molecule has 1 aromatic carbocycles. The minimum Gasteiger partial charge on any atom is -0.462 e. The molecular formula is C21H20F2N4O2. The van der Waals surface area contributed by atoms with Crippen LogP contribution in [0.25, 0.3) is 11.3 Å². The van der Waals surface area contributed by atoms with Gasteiger partial charge in [-0.3, -0.25) is 14.3 Å². The zero-order valence-corrected chi connectivity index (χ0v) is 15.9. The van der Waals surface area contributed by atoms with Crippen molar-refractivity contribution in [2.45, 2.75) is 18.9 Å². The summed E-state index contributed by atoms with van der Waals surface area (Å²) in [4.78, 5) is 22.5. The second-order valence-corrected chi connectivity index (χ2v) is 6.95. The van der Waals surface area contributed by atoms with E-state index < -0.39 is 5.82 Å². The Bertz CT molecular complexity index is 1070. The standard InChI is InChI=1S/C21H20F2N4O2/c1-26-20(28)11-19(17-8-9-24-12-18(17)23)25-21(26)29-13-16-3-2-10-27(16)15-6-4-14(22)5-7-15/h4-9,11-12,16H,2-3,10,13H2,1H3/t16-/m1/s1. The highest BCUT2D eigenvalue weighted by atomic mass is 19.1. The first-order chi connectivity index (χ1) is 14.0. The highest BCUT2D eigenvalue weighted by Gasteiger charge is 2.26. The number of halogens is 2. The minimum absolute atomic E-state index is 0.0682. The fourth-order valence-corrected chi connectivity index (χ4v) is 3.52. The van der Waals surface area contributed by atoms with Crippen LogP contribution < -0.4 is 15.2 Å². The number of ether oxygens (including phenoxy) is 1. The summed E-state index contributed by atoms with van der Waals surface area (Å²) in [6.45, 7) is 1.15. The molecule has 1 atom stereocenters. The van der Waals surface area contributed by atoms with Crippen molar-refractivity contribution in [3.05, 3.63) is 70.8 Å². The van der Waals surface area contributed by atoms with Crippen LogP contribution in [0.5, 0.6) is 6.01 Å². The number of aromatic nitrogens is 3. The highest BCUT2D eigenvalue weighted by Crippen LogP contribution is 2.26. The topological polar surface area (TPSA) is 60.2 Å². The van der Waals surface area contributed by atoms with Gasteiger partial charge in [-0.25, -0.2) is 8.78 Å². The molecule has 150 valence electrons. The van der Waals surface area contributed by atoms with Gasteiger partial charge in [0.15, 0.2) is 5.82 Å². The monoisotopic (exact) mass is 398 g/mol. The molecule has 0 radical (unpaired) electrons. The number of pyridine rings is 1. The van der Waals surface area contributed by atoms with Crippen molar-refractivity contribution in [2.75, 3.05) is 18.1 Å². The number of hydrogen-bond donors (Lipinski definition) is 0. The van der Waals surface area contributed by atoms with E-state index in [1.165, 1.54) is 35.0 Å². The van der Waals surface area contributed by atoms with Crippen LogP contribution in [0.2, 0.25) is 0 Å². The summed E-state index contributed by atoms with van der Waals surface area (Å²) in [5.74, 6) is -0.836. The maximum atomic E-state index is 14.1. The van der Waals surface area contributed by atoms with Gasteiger partial charge in [0.05, 0.1) is 17.9 Å². The van der Waals surface area contributed by atoms with Gasteiger partial charge < -0.3 is 9.64 Å². The molecular weight excluding hydrogens is 378 g/mol. The molecule has 1 aliphatic rings. The molecule has 2 aromatic heterocycles. The van der Waals surface area contributed by atoms with Crippen molar-refractivity contribution < 1.29 is 13.5 Å². The van der Waals surface area contributed by atoms with E-state index in [2.05, 4.69) is 14.9 Å². The van der Waals surface area contributed by atoms with Crippen LogP contribution in [-0.4, -0.2) is 33.7 Å². The van der Waals surface area contributed by atoms with Crippen molar-refractivity contribution in [3.8, 4) is 17.3 Å². The van der Waals surface area contributed by atoms with Gasteiger partial charge in [0, 0.05) is 37.1 Å². The lowest BCUT2D eigenvalue weighted by Crippen LogP contribution is -2.35. The van der Waals surface area contributed by atoms with Gasteiger partial charge >= 0.3 is 0 Å². The average molecular weight is 398 g/mol. The first kappa shape index (κ1) is 19.0. The molecule has 0 aliphatic carbocycles. The smallest absolute Gasteiger partial charge is 0.299 e. The van der Waals surface area contributed by atoms with Gasteiger partial charge in [-0.1, -0.05) is 0 Å². The Morgan fingerprint density at radius 2 is 2.00 bits per heavy atom. The van der Waals surface area contributed by atoms with Crippen molar-refractivity contribution >= 4 is 5.69 Å². The van der Waals surface area contributed by atoms with E-state index in [0.717, 1.165) is 31.3 Å². The Morgan fingerprint density at radius 3 is 2.76 bits per heavy atom. The molecule has 3 aromatic rings. The van der Waals surface area contributed by atoms with E-state index in [9.17, 15) is 13.6 Å². The van der Waals surface area contributed by atoms with Gasteiger partial charge in [0.25, 0.3) is 11.6 Å². The Balaban J connectivity index is 1.55. The van der Waals surface area contributed by atoms with Crippen LogP contribution >= 0.6 is 0 Å². The Kier molecular flexibility index (Phi) is 5.24. The zero-order valence-electron chi connectivity index (χ0n) is 15.9. The van der Waals surface area contributed by atoms with Crippen LogP contribution in [0.15, 0.2) is 53.6 Å². The second kappa shape index (κ2) is 7.98. The van der Waals surface area contributed by atoms with E-state index in [4.69, 9.17) is 4.74 Å². The first-order valence-corrected chi connectivity index (χ1v) is 9.36. The van der Waals surface area contributed by atoms with Crippen LogP contribution in [0.4, 0.5) is 14.5 Å². The lowest BCUT2D eigenvalue weighted by Gasteiger charge is -2.26. The number of nitrogens with zero attached hydrogens (tertiary/aromatic N) is 4. The largest absolute Gasteiger partial charge is 0.462 e.